The van der Waals surface area contributed by atoms with Crippen molar-refractivity contribution >= 4 is 35.2 Å². The van der Waals surface area contributed by atoms with Crippen molar-refractivity contribution in [1.82, 2.24) is 30.1 Å². The summed E-state index contributed by atoms with van der Waals surface area (Å²) in [5.74, 6) is 0.173. The molecule has 158 valence electrons. The average molecular weight is 419 g/mol. The van der Waals surface area contributed by atoms with Crippen LogP contribution in [-0.4, -0.2) is 57.7 Å². The minimum Gasteiger partial charge on any atom is -0.379 e. The van der Waals surface area contributed by atoms with Crippen LogP contribution in [0.2, 0.25) is 0 Å². The van der Waals surface area contributed by atoms with E-state index in [0.717, 1.165) is 38.5 Å². The number of urea groups is 1. The van der Waals surface area contributed by atoms with Crippen LogP contribution >= 0.6 is 0 Å². The van der Waals surface area contributed by atoms with Gasteiger partial charge in [0, 0.05) is 37.1 Å². The number of fused-ring (bicyclic) bond motifs is 1. The lowest BCUT2D eigenvalue weighted by Gasteiger charge is -2.26. The third-order valence-corrected chi connectivity index (χ3v) is 5.13. The molecule has 0 bridgehead atoms. The Balaban J connectivity index is 1.36. The summed E-state index contributed by atoms with van der Waals surface area (Å²) in [6.07, 6.45) is 4.94. The first-order valence-corrected chi connectivity index (χ1v) is 9.98. The Morgan fingerprint density at radius 1 is 1.16 bits per heavy atom. The van der Waals surface area contributed by atoms with Gasteiger partial charge in [-0.1, -0.05) is 12.1 Å². The molecule has 2 fully saturated rings. The number of benzene rings is 1. The molecule has 0 atom stereocenters. The number of hydrogen-bond donors (Lipinski definition) is 3. The van der Waals surface area contributed by atoms with Crippen LogP contribution in [0.4, 0.5) is 16.3 Å². The van der Waals surface area contributed by atoms with Crippen molar-refractivity contribution in [3.8, 4) is 0 Å². The molecule has 2 saturated heterocycles. The van der Waals surface area contributed by atoms with E-state index in [0.29, 0.717) is 17.0 Å². The van der Waals surface area contributed by atoms with Gasteiger partial charge in [0.1, 0.15) is 11.5 Å². The predicted molar refractivity (Wildman–Crippen MR) is 113 cm³/mol. The number of nitrogens with zero attached hydrogens (tertiary/aromatic N) is 4. The molecule has 2 aliphatic heterocycles. The van der Waals surface area contributed by atoms with Crippen LogP contribution in [0.1, 0.15) is 11.1 Å². The van der Waals surface area contributed by atoms with Crippen LogP contribution in [0.15, 0.2) is 48.4 Å². The summed E-state index contributed by atoms with van der Waals surface area (Å²) in [7, 11) is 0. The molecule has 0 unspecified atom stereocenters. The van der Waals surface area contributed by atoms with Crippen molar-refractivity contribution < 1.29 is 14.3 Å². The van der Waals surface area contributed by atoms with Gasteiger partial charge < -0.3 is 15.4 Å². The van der Waals surface area contributed by atoms with E-state index < -0.39 is 11.9 Å². The van der Waals surface area contributed by atoms with Crippen LogP contribution in [0.3, 0.4) is 0 Å². The normalized spacial score (nSPS) is 18.4. The zero-order valence-electron chi connectivity index (χ0n) is 16.7. The van der Waals surface area contributed by atoms with E-state index in [9.17, 15) is 9.59 Å². The van der Waals surface area contributed by atoms with Crippen molar-refractivity contribution in [1.29, 1.82) is 0 Å². The number of ether oxygens (including phenoxy) is 1. The molecule has 5 rings (SSSR count). The summed E-state index contributed by atoms with van der Waals surface area (Å²) in [5, 5.41) is 12.2. The summed E-state index contributed by atoms with van der Waals surface area (Å²) in [4.78, 5) is 30.1. The van der Waals surface area contributed by atoms with Gasteiger partial charge in [0.2, 0.25) is 0 Å². The highest BCUT2D eigenvalue weighted by atomic mass is 16.5. The second kappa shape index (κ2) is 8.17. The molecule has 3 aromatic rings. The smallest absolute Gasteiger partial charge is 0.326 e. The lowest BCUT2D eigenvalue weighted by molar-refractivity contribution is -0.115. The standard InChI is InChI=1S/C21H21N7O3/c29-20-17(24-21(30)26-20)11-15-12-22-28-5-4-18(25-19(15)28)23-16-3-1-2-14(10-16)13-27-6-8-31-9-7-27/h1-5,10-12H,6-9,13H2,(H,23,25)(H2,24,26,29,30)/b17-11+. The Hall–Kier alpha value is -3.76. The predicted octanol–water partition coefficient (Wildman–Crippen LogP) is 1.49. The third-order valence-electron chi connectivity index (χ3n) is 5.13. The SMILES string of the molecule is O=C1NC(=O)/C(=C\c2cnn3ccc(Nc4cccc(CN5CCOCC5)c4)nc23)N1. The van der Waals surface area contributed by atoms with Crippen LogP contribution in [0.5, 0.6) is 0 Å². The fraction of sp³-hybridized carbons (Fsp3) is 0.238. The fourth-order valence-corrected chi connectivity index (χ4v) is 3.61. The van der Waals surface area contributed by atoms with Crippen LogP contribution in [-0.2, 0) is 16.1 Å². The zero-order chi connectivity index (χ0) is 21.2. The first-order valence-electron chi connectivity index (χ1n) is 9.98. The number of carbonyl (C=O) groups is 2. The van der Waals surface area contributed by atoms with E-state index in [1.807, 2.05) is 18.2 Å². The maximum atomic E-state index is 11.8. The van der Waals surface area contributed by atoms with E-state index in [2.05, 4.69) is 43.1 Å². The van der Waals surface area contributed by atoms with Gasteiger partial charge in [0.25, 0.3) is 5.91 Å². The topological polar surface area (TPSA) is 113 Å². The molecule has 3 amide bonds. The number of carbonyl (C=O) groups excluding carboxylic acids is 2. The summed E-state index contributed by atoms with van der Waals surface area (Å²) in [6.45, 7) is 4.30. The zero-order valence-corrected chi connectivity index (χ0v) is 16.7. The molecule has 1 aromatic carbocycles. The van der Waals surface area contributed by atoms with E-state index >= 15 is 0 Å². The third kappa shape index (κ3) is 4.25. The monoisotopic (exact) mass is 419 g/mol. The van der Waals surface area contributed by atoms with Gasteiger partial charge >= 0.3 is 6.03 Å². The van der Waals surface area contributed by atoms with Gasteiger partial charge in [-0.2, -0.15) is 5.10 Å². The summed E-state index contributed by atoms with van der Waals surface area (Å²) in [6, 6.07) is 9.52. The molecule has 2 aliphatic rings. The first kappa shape index (κ1) is 19.2. The number of morpholine rings is 1. The molecule has 0 spiro atoms. The van der Waals surface area contributed by atoms with E-state index in [4.69, 9.17) is 4.74 Å². The summed E-state index contributed by atoms with van der Waals surface area (Å²) in [5.41, 5.74) is 3.50. The van der Waals surface area contributed by atoms with Crippen molar-refractivity contribution in [2.75, 3.05) is 31.6 Å². The average Bonchev–Trinajstić information content (AvgIpc) is 3.31. The largest absolute Gasteiger partial charge is 0.379 e. The molecule has 10 heteroatoms. The molecule has 3 N–H and O–H groups in total. The van der Waals surface area contributed by atoms with Crippen molar-refractivity contribution in [3.05, 3.63) is 59.5 Å². The number of hydrogen-bond acceptors (Lipinski definition) is 7. The highest BCUT2D eigenvalue weighted by Gasteiger charge is 2.23. The lowest BCUT2D eigenvalue weighted by Crippen LogP contribution is -2.35. The van der Waals surface area contributed by atoms with Gasteiger partial charge in [0.05, 0.1) is 19.4 Å². The highest BCUT2D eigenvalue weighted by Crippen LogP contribution is 2.20. The summed E-state index contributed by atoms with van der Waals surface area (Å²) < 4.78 is 7.03. The van der Waals surface area contributed by atoms with Gasteiger partial charge in [0.15, 0.2) is 5.65 Å². The maximum absolute atomic E-state index is 11.8. The Labute approximate surface area is 177 Å². The molecule has 31 heavy (non-hydrogen) atoms. The summed E-state index contributed by atoms with van der Waals surface area (Å²) >= 11 is 0. The molecular weight excluding hydrogens is 398 g/mol. The van der Waals surface area contributed by atoms with Crippen molar-refractivity contribution in [2.45, 2.75) is 6.54 Å². The van der Waals surface area contributed by atoms with Gasteiger partial charge in [-0.25, -0.2) is 14.3 Å². The molecule has 10 nitrogen and oxygen atoms in total. The number of rotatable bonds is 5. The number of aromatic nitrogens is 3. The van der Waals surface area contributed by atoms with E-state index in [-0.39, 0.29) is 5.70 Å². The number of nitrogens with one attached hydrogen (secondary N) is 3. The number of anilines is 2. The number of imide groups is 1. The minimum atomic E-state index is -0.542. The van der Waals surface area contributed by atoms with Gasteiger partial charge in [-0.15, -0.1) is 0 Å². The Morgan fingerprint density at radius 2 is 2.03 bits per heavy atom. The second-order valence-electron chi connectivity index (χ2n) is 7.36. The minimum absolute atomic E-state index is 0.163. The maximum Gasteiger partial charge on any atom is 0.326 e. The van der Waals surface area contributed by atoms with Gasteiger partial charge in [-0.05, 0) is 29.8 Å². The molecule has 0 aliphatic carbocycles. The Bertz CT molecular complexity index is 1180. The van der Waals surface area contributed by atoms with Crippen molar-refractivity contribution in [3.63, 3.8) is 0 Å². The van der Waals surface area contributed by atoms with Crippen LogP contribution in [0, 0.1) is 0 Å². The number of amides is 3. The molecule has 4 heterocycles. The molecular formula is C21H21N7O3. The molecule has 0 saturated carbocycles. The van der Waals surface area contributed by atoms with E-state index in [1.54, 1.807) is 23.0 Å². The van der Waals surface area contributed by atoms with Crippen molar-refractivity contribution in [2.24, 2.45) is 0 Å². The molecule has 2 aromatic heterocycles. The lowest BCUT2D eigenvalue weighted by atomic mass is 10.2. The quantitative estimate of drug-likeness (QED) is 0.424. The first-order chi connectivity index (χ1) is 15.1. The van der Waals surface area contributed by atoms with Crippen LogP contribution < -0.4 is 16.0 Å². The highest BCUT2D eigenvalue weighted by molar-refractivity contribution is 6.14. The fourth-order valence-electron chi connectivity index (χ4n) is 3.61. The Morgan fingerprint density at radius 3 is 2.84 bits per heavy atom. The molecule has 0 radical (unpaired) electrons. The second-order valence-corrected chi connectivity index (χ2v) is 7.36. The Kier molecular flexibility index (Phi) is 5.06. The van der Waals surface area contributed by atoms with Crippen LogP contribution in [0.25, 0.3) is 11.7 Å². The van der Waals surface area contributed by atoms with Gasteiger partial charge in [-0.3, -0.25) is 15.0 Å². The van der Waals surface area contributed by atoms with E-state index in [1.165, 1.54) is 5.56 Å².